The van der Waals surface area contributed by atoms with E-state index in [2.05, 4.69) is 61.5 Å². The van der Waals surface area contributed by atoms with Gasteiger partial charge in [-0.3, -0.25) is 14.4 Å². The molecule has 0 saturated heterocycles. The summed E-state index contributed by atoms with van der Waals surface area (Å²) < 4.78 is 2.04. The lowest BCUT2D eigenvalue weighted by molar-refractivity contribution is -0.139. The van der Waals surface area contributed by atoms with Crippen LogP contribution in [0.15, 0.2) is 36.5 Å². The second kappa shape index (κ2) is 9.09. The van der Waals surface area contributed by atoms with E-state index in [1.54, 1.807) is 0 Å². The number of nitrogens with one attached hydrogen (secondary N) is 1. The van der Waals surface area contributed by atoms with E-state index < -0.39 is 5.97 Å². The quantitative estimate of drug-likeness (QED) is 0.678. The highest BCUT2D eigenvalue weighted by molar-refractivity contribution is 5.69. The summed E-state index contributed by atoms with van der Waals surface area (Å²) in [5.41, 5.74) is 3.62. The van der Waals surface area contributed by atoms with Crippen molar-refractivity contribution in [3.63, 3.8) is 0 Å². The molecule has 0 spiro atoms. The third-order valence-electron chi connectivity index (χ3n) is 5.69. The third-order valence-corrected chi connectivity index (χ3v) is 5.69. The molecule has 6 heteroatoms. The van der Waals surface area contributed by atoms with Crippen LogP contribution in [0, 0.1) is 0 Å². The first-order valence-corrected chi connectivity index (χ1v) is 10.6. The number of aromatic nitrogens is 2. The minimum atomic E-state index is -0.746. The molecule has 1 saturated carbocycles. The molecule has 0 radical (unpaired) electrons. The minimum Gasteiger partial charge on any atom is -0.480 e. The number of nitrogens with zero attached hydrogens (tertiary/aromatic N) is 3. The van der Waals surface area contributed by atoms with Crippen molar-refractivity contribution in [2.75, 3.05) is 13.1 Å². The van der Waals surface area contributed by atoms with E-state index in [4.69, 9.17) is 10.2 Å². The summed E-state index contributed by atoms with van der Waals surface area (Å²) >= 11 is 0. The van der Waals surface area contributed by atoms with Crippen molar-refractivity contribution >= 4 is 5.97 Å². The first-order chi connectivity index (χ1) is 13.8. The maximum absolute atomic E-state index is 11.0. The SMILES string of the molecule is CCN(CC(=O)O)C1CC(NCc2cn(Cc3ccccc3)nc2C(C)(C)C)C1. The molecule has 0 unspecified atom stereocenters. The summed E-state index contributed by atoms with van der Waals surface area (Å²) in [6, 6.07) is 11.2. The van der Waals surface area contributed by atoms with Gasteiger partial charge in [0, 0.05) is 35.8 Å². The predicted molar refractivity (Wildman–Crippen MR) is 115 cm³/mol. The first kappa shape index (κ1) is 21.5. The summed E-state index contributed by atoms with van der Waals surface area (Å²) in [4.78, 5) is 13.1. The zero-order valence-electron chi connectivity index (χ0n) is 18.1. The van der Waals surface area contributed by atoms with Gasteiger partial charge >= 0.3 is 5.97 Å². The normalized spacial score (nSPS) is 19.3. The molecule has 2 aromatic rings. The molecule has 1 aliphatic rings. The van der Waals surface area contributed by atoms with Gasteiger partial charge in [0.05, 0.1) is 18.8 Å². The van der Waals surface area contributed by atoms with Crippen LogP contribution in [-0.2, 0) is 23.3 Å². The summed E-state index contributed by atoms with van der Waals surface area (Å²) in [5, 5.41) is 17.6. The van der Waals surface area contributed by atoms with Gasteiger partial charge in [-0.2, -0.15) is 5.10 Å². The molecule has 1 fully saturated rings. The largest absolute Gasteiger partial charge is 0.480 e. The molecule has 158 valence electrons. The molecule has 0 atom stereocenters. The van der Waals surface area contributed by atoms with Crippen LogP contribution in [-0.4, -0.2) is 50.9 Å². The van der Waals surface area contributed by atoms with Crippen LogP contribution in [0.3, 0.4) is 0 Å². The number of benzene rings is 1. The van der Waals surface area contributed by atoms with E-state index in [0.717, 1.165) is 38.2 Å². The molecule has 1 aromatic heterocycles. The van der Waals surface area contributed by atoms with Gasteiger partial charge in [-0.25, -0.2) is 0 Å². The molecule has 1 aromatic carbocycles. The molecular formula is C23H34N4O2. The summed E-state index contributed by atoms with van der Waals surface area (Å²) in [5.74, 6) is -0.746. The van der Waals surface area contributed by atoms with Crippen molar-refractivity contribution in [1.29, 1.82) is 0 Å². The van der Waals surface area contributed by atoms with Crippen LogP contribution >= 0.6 is 0 Å². The van der Waals surface area contributed by atoms with Crippen LogP contribution in [0.1, 0.15) is 57.4 Å². The van der Waals surface area contributed by atoms with E-state index in [0.29, 0.717) is 12.1 Å². The van der Waals surface area contributed by atoms with Gasteiger partial charge in [-0.15, -0.1) is 0 Å². The monoisotopic (exact) mass is 398 g/mol. The Hall–Kier alpha value is -2.18. The molecule has 3 rings (SSSR count). The van der Waals surface area contributed by atoms with E-state index in [1.165, 1.54) is 11.1 Å². The average Bonchev–Trinajstić information content (AvgIpc) is 3.03. The number of aliphatic carboxylic acids is 1. The van der Waals surface area contributed by atoms with Crippen LogP contribution in [0.5, 0.6) is 0 Å². The molecule has 6 nitrogen and oxygen atoms in total. The first-order valence-electron chi connectivity index (χ1n) is 10.6. The molecule has 0 amide bonds. The number of hydrogen-bond donors (Lipinski definition) is 2. The molecule has 29 heavy (non-hydrogen) atoms. The molecule has 1 aliphatic carbocycles. The molecule has 2 N–H and O–H groups in total. The Kier molecular flexibility index (Phi) is 6.75. The zero-order valence-corrected chi connectivity index (χ0v) is 18.1. The van der Waals surface area contributed by atoms with Crippen molar-refractivity contribution in [2.24, 2.45) is 0 Å². The highest BCUT2D eigenvalue weighted by atomic mass is 16.4. The van der Waals surface area contributed by atoms with Crippen LogP contribution in [0.2, 0.25) is 0 Å². The number of rotatable bonds is 9. The highest BCUT2D eigenvalue weighted by Crippen LogP contribution is 2.28. The topological polar surface area (TPSA) is 70.4 Å². The van der Waals surface area contributed by atoms with Gasteiger partial charge in [0.25, 0.3) is 0 Å². The average molecular weight is 399 g/mol. The van der Waals surface area contributed by atoms with E-state index in [-0.39, 0.29) is 12.0 Å². The smallest absolute Gasteiger partial charge is 0.317 e. The fourth-order valence-corrected chi connectivity index (χ4v) is 4.05. The van der Waals surface area contributed by atoms with E-state index in [9.17, 15) is 4.79 Å². The zero-order chi connectivity index (χ0) is 21.0. The Bertz CT molecular complexity index is 804. The molecule has 0 bridgehead atoms. The molecular weight excluding hydrogens is 364 g/mol. The number of carboxylic acid groups (broad SMARTS) is 1. The van der Waals surface area contributed by atoms with Crippen molar-refractivity contribution in [2.45, 2.75) is 71.1 Å². The van der Waals surface area contributed by atoms with Gasteiger partial charge in [0.1, 0.15) is 0 Å². The van der Waals surface area contributed by atoms with Gasteiger partial charge in [0.2, 0.25) is 0 Å². The lowest BCUT2D eigenvalue weighted by Gasteiger charge is -2.42. The van der Waals surface area contributed by atoms with E-state index >= 15 is 0 Å². The van der Waals surface area contributed by atoms with Gasteiger partial charge in [-0.05, 0) is 24.9 Å². The summed E-state index contributed by atoms with van der Waals surface area (Å²) in [7, 11) is 0. The van der Waals surface area contributed by atoms with Gasteiger partial charge < -0.3 is 10.4 Å². The lowest BCUT2D eigenvalue weighted by Crippen LogP contribution is -2.53. The maximum atomic E-state index is 11.0. The lowest BCUT2D eigenvalue weighted by atomic mass is 9.84. The second-order valence-corrected chi connectivity index (χ2v) is 9.10. The van der Waals surface area contributed by atoms with Crippen LogP contribution in [0.4, 0.5) is 0 Å². The number of hydrogen-bond acceptors (Lipinski definition) is 4. The number of carbonyl (C=O) groups is 1. The fraction of sp³-hybridized carbons (Fsp3) is 0.565. The number of carboxylic acids is 1. The standard InChI is InChI=1S/C23H34N4O2/c1-5-26(16-21(28)29)20-11-19(12-20)24-13-18-15-27(25-22(18)23(2,3)4)14-17-9-7-6-8-10-17/h6-10,15,19-20,24H,5,11-14,16H2,1-4H3,(H,28,29). The molecule has 1 heterocycles. The summed E-state index contributed by atoms with van der Waals surface area (Å²) in [6.45, 7) is 11.1. The van der Waals surface area contributed by atoms with Gasteiger partial charge in [-0.1, -0.05) is 58.0 Å². The molecule has 0 aliphatic heterocycles. The van der Waals surface area contributed by atoms with Crippen molar-refractivity contribution in [1.82, 2.24) is 20.0 Å². The van der Waals surface area contributed by atoms with Crippen molar-refractivity contribution in [3.05, 3.63) is 53.3 Å². The van der Waals surface area contributed by atoms with Crippen molar-refractivity contribution < 1.29 is 9.90 Å². The predicted octanol–water partition coefficient (Wildman–Crippen LogP) is 3.26. The minimum absolute atomic E-state index is 0.0123. The maximum Gasteiger partial charge on any atom is 0.317 e. The highest BCUT2D eigenvalue weighted by Gasteiger charge is 2.34. The Morgan fingerprint density at radius 1 is 1.28 bits per heavy atom. The Morgan fingerprint density at radius 3 is 2.55 bits per heavy atom. The summed E-state index contributed by atoms with van der Waals surface area (Å²) in [6.07, 6.45) is 4.17. The van der Waals surface area contributed by atoms with Gasteiger partial charge in [0.15, 0.2) is 0 Å². The van der Waals surface area contributed by atoms with E-state index in [1.807, 2.05) is 17.7 Å². The second-order valence-electron chi connectivity index (χ2n) is 9.10. The van der Waals surface area contributed by atoms with Crippen molar-refractivity contribution in [3.8, 4) is 0 Å². The Labute approximate surface area is 173 Å². The number of likely N-dealkylation sites (N-methyl/N-ethyl adjacent to an activating group) is 1. The Balaban J connectivity index is 1.60. The van der Waals surface area contributed by atoms with Crippen LogP contribution in [0.25, 0.3) is 0 Å². The third kappa shape index (κ3) is 5.67. The fourth-order valence-electron chi connectivity index (χ4n) is 4.05. The van der Waals surface area contributed by atoms with Crippen LogP contribution < -0.4 is 5.32 Å². The Morgan fingerprint density at radius 2 is 1.97 bits per heavy atom.